The fourth-order valence-electron chi connectivity index (χ4n) is 2.34. The highest BCUT2D eigenvalue weighted by Gasteiger charge is 2.32. The number of halogens is 4. The van der Waals surface area contributed by atoms with Crippen molar-refractivity contribution in [2.45, 2.75) is 19.0 Å². The van der Waals surface area contributed by atoms with Gasteiger partial charge in [-0.2, -0.15) is 13.2 Å². The van der Waals surface area contributed by atoms with Crippen LogP contribution in [0.5, 0.6) is 5.75 Å². The van der Waals surface area contributed by atoms with Crippen molar-refractivity contribution in [1.82, 2.24) is 4.90 Å². The maximum Gasteiger partial charge on any atom is 0.401 e. The molecule has 0 unspecified atom stereocenters. The number of hydrogen-bond donors (Lipinski definition) is 0. The fourth-order valence-corrected chi connectivity index (χ4v) is 2.71. The first-order valence-electron chi connectivity index (χ1n) is 6.60. The largest absolute Gasteiger partial charge is 0.493 e. The second kappa shape index (κ2) is 6.80. The Hall–Kier alpha value is -0.750. The molecule has 1 aliphatic rings. The lowest BCUT2D eigenvalue weighted by Gasteiger charge is -2.32. The van der Waals surface area contributed by atoms with Crippen molar-refractivity contribution in [3.8, 4) is 5.75 Å². The number of rotatable bonds is 4. The van der Waals surface area contributed by atoms with Crippen molar-refractivity contribution in [3.63, 3.8) is 0 Å². The monoisotopic (exact) mass is 351 g/mol. The van der Waals surface area contributed by atoms with Crippen LogP contribution in [-0.2, 0) is 0 Å². The van der Waals surface area contributed by atoms with Gasteiger partial charge in [0.1, 0.15) is 5.75 Å². The Morgan fingerprint density at radius 3 is 2.55 bits per heavy atom. The van der Waals surface area contributed by atoms with E-state index in [2.05, 4.69) is 15.9 Å². The molecule has 1 aromatic rings. The molecule has 0 amide bonds. The molecule has 1 saturated heterocycles. The third kappa shape index (κ3) is 5.32. The first-order valence-corrected chi connectivity index (χ1v) is 7.39. The van der Waals surface area contributed by atoms with Gasteiger partial charge in [0, 0.05) is 4.47 Å². The van der Waals surface area contributed by atoms with Gasteiger partial charge in [-0.25, -0.2) is 0 Å². The Morgan fingerprint density at radius 2 is 1.95 bits per heavy atom. The molecule has 0 saturated carbocycles. The van der Waals surface area contributed by atoms with Gasteiger partial charge in [0.15, 0.2) is 0 Å². The van der Waals surface area contributed by atoms with Gasteiger partial charge in [-0.3, -0.25) is 4.90 Å². The molecular weight excluding hydrogens is 335 g/mol. The molecule has 2 nitrogen and oxygen atoms in total. The number of piperidine rings is 1. The third-order valence-electron chi connectivity index (χ3n) is 3.39. The van der Waals surface area contributed by atoms with E-state index >= 15 is 0 Å². The quantitative estimate of drug-likeness (QED) is 0.809. The molecule has 0 bridgehead atoms. The molecule has 112 valence electrons. The van der Waals surface area contributed by atoms with Crippen molar-refractivity contribution < 1.29 is 17.9 Å². The molecule has 1 fully saturated rings. The Labute approximate surface area is 125 Å². The molecule has 0 aliphatic carbocycles. The Kier molecular flexibility index (Phi) is 5.32. The molecule has 1 heterocycles. The van der Waals surface area contributed by atoms with E-state index in [4.69, 9.17) is 4.74 Å². The van der Waals surface area contributed by atoms with Crippen molar-refractivity contribution in [2.24, 2.45) is 5.92 Å². The van der Waals surface area contributed by atoms with Crippen LogP contribution in [0.4, 0.5) is 13.2 Å². The van der Waals surface area contributed by atoms with E-state index in [0.717, 1.165) is 23.1 Å². The summed E-state index contributed by atoms with van der Waals surface area (Å²) in [4.78, 5) is 1.47. The summed E-state index contributed by atoms with van der Waals surface area (Å²) in [7, 11) is 0. The molecule has 1 aromatic carbocycles. The van der Waals surface area contributed by atoms with Gasteiger partial charge in [-0.1, -0.05) is 22.0 Å². The molecule has 6 heteroatoms. The molecule has 2 rings (SSSR count). The predicted molar refractivity (Wildman–Crippen MR) is 74.9 cm³/mol. The van der Waals surface area contributed by atoms with Crippen LogP contribution in [0.2, 0.25) is 0 Å². The molecule has 0 aromatic heterocycles. The highest BCUT2D eigenvalue weighted by molar-refractivity contribution is 9.10. The van der Waals surface area contributed by atoms with E-state index in [1.807, 2.05) is 24.3 Å². The van der Waals surface area contributed by atoms with Crippen LogP contribution in [0.1, 0.15) is 12.8 Å². The number of benzene rings is 1. The van der Waals surface area contributed by atoms with Crippen LogP contribution in [0, 0.1) is 5.92 Å². The average molecular weight is 352 g/mol. The van der Waals surface area contributed by atoms with Crippen LogP contribution in [0.15, 0.2) is 28.7 Å². The van der Waals surface area contributed by atoms with Gasteiger partial charge < -0.3 is 4.74 Å². The van der Waals surface area contributed by atoms with Crippen molar-refractivity contribution in [1.29, 1.82) is 0 Å². The summed E-state index contributed by atoms with van der Waals surface area (Å²) >= 11 is 3.37. The first kappa shape index (κ1) is 15.6. The van der Waals surface area contributed by atoms with E-state index < -0.39 is 12.7 Å². The summed E-state index contributed by atoms with van der Waals surface area (Å²) in [5, 5.41) is 0. The highest BCUT2D eigenvalue weighted by Crippen LogP contribution is 2.24. The molecule has 0 spiro atoms. The van der Waals surface area contributed by atoms with Crippen molar-refractivity contribution >= 4 is 15.9 Å². The van der Waals surface area contributed by atoms with Crippen molar-refractivity contribution in [2.75, 3.05) is 26.2 Å². The second-order valence-electron chi connectivity index (χ2n) is 5.10. The minimum Gasteiger partial charge on any atom is -0.493 e. The topological polar surface area (TPSA) is 12.5 Å². The van der Waals surface area contributed by atoms with Gasteiger partial charge in [0.05, 0.1) is 13.2 Å². The summed E-state index contributed by atoms with van der Waals surface area (Å²) in [6.07, 6.45) is -2.59. The summed E-state index contributed by atoms with van der Waals surface area (Å²) in [5.74, 6) is 1.12. The summed E-state index contributed by atoms with van der Waals surface area (Å²) in [6.45, 7) is 0.751. The molecule has 1 aliphatic heterocycles. The first-order chi connectivity index (χ1) is 9.42. The summed E-state index contributed by atoms with van der Waals surface area (Å²) in [6, 6.07) is 7.58. The van der Waals surface area contributed by atoms with E-state index in [1.165, 1.54) is 4.90 Å². The summed E-state index contributed by atoms with van der Waals surface area (Å²) < 4.78 is 43.5. The van der Waals surface area contributed by atoms with Crippen LogP contribution in [0.3, 0.4) is 0 Å². The predicted octanol–water partition coefficient (Wildman–Crippen LogP) is 4.10. The zero-order valence-corrected chi connectivity index (χ0v) is 12.6. The number of hydrogen-bond acceptors (Lipinski definition) is 2. The van der Waals surface area contributed by atoms with Crippen LogP contribution >= 0.6 is 15.9 Å². The standard InChI is InChI=1S/C14H17BrF3NO/c15-12-2-1-3-13(8-12)20-9-11-4-6-19(7-5-11)10-14(16,17)18/h1-3,8,11H,4-7,9-10H2. The Balaban J connectivity index is 1.72. The average Bonchev–Trinajstić information content (AvgIpc) is 2.36. The van der Waals surface area contributed by atoms with E-state index in [0.29, 0.717) is 25.6 Å². The van der Waals surface area contributed by atoms with E-state index in [1.54, 1.807) is 0 Å². The van der Waals surface area contributed by atoms with E-state index in [-0.39, 0.29) is 0 Å². The normalized spacial score (nSPS) is 18.2. The number of alkyl halides is 3. The Bertz CT molecular complexity index is 431. The lowest BCUT2D eigenvalue weighted by atomic mass is 9.98. The van der Waals surface area contributed by atoms with Gasteiger partial charge in [0.25, 0.3) is 0 Å². The van der Waals surface area contributed by atoms with Gasteiger partial charge >= 0.3 is 6.18 Å². The molecular formula is C14H17BrF3NO. The maximum absolute atomic E-state index is 12.3. The minimum atomic E-state index is -4.10. The maximum atomic E-state index is 12.3. The third-order valence-corrected chi connectivity index (χ3v) is 3.89. The molecule has 0 atom stereocenters. The summed E-state index contributed by atoms with van der Waals surface area (Å²) in [5.41, 5.74) is 0. The SMILES string of the molecule is FC(F)(F)CN1CCC(COc2cccc(Br)c2)CC1. The lowest BCUT2D eigenvalue weighted by Crippen LogP contribution is -2.41. The smallest absolute Gasteiger partial charge is 0.401 e. The van der Waals surface area contributed by atoms with Crippen molar-refractivity contribution in [3.05, 3.63) is 28.7 Å². The minimum absolute atomic E-state index is 0.332. The number of ether oxygens (including phenoxy) is 1. The zero-order valence-electron chi connectivity index (χ0n) is 11.0. The molecule has 0 radical (unpaired) electrons. The number of likely N-dealkylation sites (tertiary alicyclic amines) is 1. The highest BCUT2D eigenvalue weighted by atomic mass is 79.9. The fraction of sp³-hybridized carbons (Fsp3) is 0.571. The Morgan fingerprint density at radius 1 is 1.25 bits per heavy atom. The van der Waals surface area contributed by atoms with Gasteiger partial charge in [0.2, 0.25) is 0 Å². The second-order valence-corrected chi connectivity index (χ2v) is 6.02. The molecule has 20 heavy (non-hydrogen) atoms. The molecule has 0 N–H and O–H groups in total. The zero-order chi connectivity index (χ0) is 14.6. The van der Waals surface area contributed by atoms with Crippen LogP contribution < -0.4 is 4.74 Å². The van der Waals surface area contributed by atoms with Gasteiger partial charge in [-0.15, -0.1) is 0 Å². The van der Waals surface area contributed by atoms with E-state index in [9.17, 15) is 13.2 Å². The van der Waals surface area contributed by atoms with Crippen LogP contribution in [-0.4, -0.2) is 37.3 Å². The van der Waals surface area contributed by atoms with Crippen LogP contribution in [0.25, 0.3) is 0 Å². The lowest BCUT2D eigenvalue weighted by molar-refractivity contribution is -0.148. The van der Waals surface area contributed by atoms with Gasteiger partial charge in [-0.05, 0) is 50.0 Å². The number of nitrogens with zero attached hydrogens (tertiary/aromatic N) is 1.